The first-order chi connectivity index (χ1) is 11.7. The standard InChI is InChI=1S/C16H25N3O5S/c1-3-4-5-6-15(20)18-14(16(21)17-2)11-12-7-9-13(10-8-12)19-25(22,23)24/h7-10,14,19H,3-6,11H2,1-2H3,(H,17,21)(H,18,20)(H,22,23,24). The van der Waals surface area contributed by atoms with Crippen molar-refractivity contribution in [1.29, 1.82) is 0 Å². The Morgan fingerprint density at radius 3 is 2.32 bits per heavy atom. The number of rotatable bonds is 10. The quantitative estimate of drug-likeness (QED) is 0.364. The van der Waals surface area contributed by atoms with Crippen molar-refractivity contribution in [2.45, 2.75) is 45.1 Å². The van der Waals surface area contributed by atoms with E-state index >= 15 is 0 Å². The fourth-order valence-electron chi connectivity index (χ4n) is 2.28. The largest absolute Gasteiger partial charge is 0.357 e. The van der Waals surface area contributed by atoms with Crippen molar-refractivity contribution >= 4 is 27.8 Å². The van der Waals surface area contributed by atoms with Gasteiger partial charge in [0.25, 0.3) is 0 Å². The van der Waals surface area contributed by atoms with Gasteiger partial charge in [0, 0.05) is 19.9 Å². The smallest absolute Gasteiger partial charge is 0.357 e. The molecule has 1 unspecified atom stereocenters. The van der Waals surface area contributed by atoms with Crippen LogP contribution in [0.3, 0.4) is 0 Å². The van der Waals surface area contributed by atoms with E-state index in [0.717, 1.165) is 24.8 Å². The zero-order valence-electron chi connectivity index (χ0n) is 14.4. The summed E-state index contributed by atoms with van der Waals surface area (Å²) in [4.78, 5) is 23.9. The molecule has 8 nitrogen and oxygen atoms in total. The normalized spacial score (nSPS) is 12.3. The minimum absolute atomic E-state index is 0.174. The average Bonchev–Trinajstić information content (AvgIpc) is 2.54. The third kappa shape index (κ3) is 8.50. The molecule has 0 spiro atoms. The molecule has 0 aliphatic heterocycles. The Morgan fingerprint density at radius 1 is 1.16 bits per heavy atom. The molecule has 0 aromatic heterocycles. The molecule has 0 saturated carbocycles. The van der Waals surface area contributed by atoms with E-state index in [4.69, 9.17) is 4.55 Å². The molecule has 1 atom stereocenters. The van der Waals surface area contributed by atoms with Gasteiger partial charge in [0.05, 0.1) is 5.69 Å². The van der Waals surface area contributed by atoms with Crippen LogP contribution in [0.5, 0.6) is 0 Å². The van der Waals surface area contributed by atoms with E-state index < -0.39 is 16.3 Å². The highest BCUT2D eigenvalue weighted by molar-refractivity contribution is 7.87. The minimum Gasteiger partial charge on any atom is -0.357 e. The molecule has 1 aromatic carbocycles. The molecular formula is C16H25N3O5S. The van der Waals surface area contributed by atoms with Crippen LogP contribution in [0.1, 0.15) is 38.2 Å². The average molecular weight is 371 g/mol. The number of benzene rings is 1. The highest BCUT2D eigenvalue weighted by atomic mass is 32.2. The second-order valence-corrected chi connectivity index (χ2v) is 6.82. The molecule has 1 aromatic rings. The molecule has 0 aliphatic carbocycles. The zero-order chi connectivity index (χ0) is 18.9. The highest BCUT2D eigenvalue weighted by Gasteiger charge is 2.20. The molecule has 1 rings (SSSR count). The molecule has 0 radical (unpaired) electrons. The summed E-state index contributed by atoms with van der Waals surface area (Å²) < 4.78 is 32.2. The maximum Gasteiger partial charge on any atom is 0.357 e. The number of amides is 2. The van der Waals surface area contributed by atoms with Gasteiger partial charge < -0.3 is 10.6 Å². The van der Waals surface area contributed by atoms with E-state index in [-0.39, 0.29) is 23.9 Å². The Morgan fingerprint density at radius 2 is 1.80 bits per heavy atom. The number of carbonyl (C=O) groups excluding carboxylic acids is 2. The lowest BCUT2D eigenvalue weighted by molar-refractivity contribution is -0.128. The van der Waals surface area contributed by atoms with Crippen LogP contribution in [0.15, 0.2) is 24.3 Å². The van der Waals surface area contributed by atoms with Gasteiger partial charge in [-0.3, -0.25) is 18.9 Å². The van der Waals surface area contributed by atoms with Gasteiger partial charge in [0.2, 0.25) is 11.8 Å². The minimum atomic E-state index is -4.33. The van der Waals surface area contributed by atoms with Crippen molar-refractivity contribution in [3.8, 4) is 0 Å². The summed E-state index contributed by atoms with van der Waals surface area (Å²) in [6.07, 6.45) is 3.39. The summed E-state index contributed by atoms with van der Waals surface area (Å²) in [6, 6.07) is 5.46. The molecule has 0 heterocycles. The van der Waals surface area contributed by atoms with Crippen LogP contribution in [0.2, 0.25) is 0 Å². The van der Waals surface area contributed by atoms with Crippen LogP contribution in [-0.2, 0) is 26.3 Å². The predicted molar refractivity (Wildman–Crippen MR) is 95.5 cm³/mol. The molecule has 0 fully saturated rings. The molecule has 0 aliphatic rings. The van der Waals surface area contributed by atoms with Crippen LogP contribution in [0, 0.1) is 0 Å². The van der Waals surface area contributed by atoms with E-state index in [2.05, 4.69) is 10.6 Å². The van der Waals surface area contributed by atoms with Gasteiger partial charge in [0.1, 0.15) is 6.04 Å². The van der Waals surface area contributed by atoms with Crippen LogP contribution in [0.25, 0.3) is 0 Å². The lowest BCUT2D eigenvalue weighted by Crippen LogP contribution is -2.47. The Kier molecular flexibility index (Phi) is 8.36. The summed E-state index contributed by atoms with van der Waals surface area (Å²) in [7, 11) is -2.83. The predicted octanol–water partition coefficient (Wildman–Crippen LogP) is 1.25. The van der Waals surface area contributed by atoms with Gasteiger partial charge in [-0.15, -0.1) is 0 Å². The Hall–Kier alpha value is -2.13. The highest BCUT2D eigenvalue weighted by Crippen LogP contribution is 2.12. The summed E-state index contributed by atoms with van der Waals surface area (Å²) in [6.45, 7) is 2.05. The maximum atomic E-state index is 12.0. The number of hydrogen-bond acceptors (Lipinski definition) is 4. The van der Waals surface area contributed by atoms with Crippen LogP contribution in [0.4, 0.5) is 5.69 Å². The molecular weight excluding hydrogens is 346 g/mol. The second kappa shape index (κ2) is 10.00. The van der Waals surface area contributed by atoms with E-state index in [1.165, 1.54) is 19.2 Å². The molecule has 2 amide bonds. The van der Waals surface area contributed by atoms with Gasteiger partial charge in [-0.25, -0.2) is 0 Å². The maximum absolute atomic E-state index is 12.0. The second-order valence-electron chi connectivity index (χ2n) is 5.67. The van der Waals surface area contributed by atoms with Crippen LogP contribution >= 0.6 is 0 Å². The third-order valence-corrected chi connectivity index (χ3v) is 4.04. The van der Waals surface area contributed by atoms with Crippen LogP contribution in [-0.4, -0.2) is 37.9 Å². The van der Waals surface area contributed by atoms with Crippen molar-refractivity contribution in [2.75, 3.05) is 11.8 Å². The number of likely N-dealkylation sites (N-methyl/N-ethyl adjacent to an activating group) is 1. The Balaban J connectivity index is 2.71. The summed E-state index contributed by atoms with van der Waals surface area (Å²) in [5.41, 5.74) is 0.940. The molecule has 140 valence electrons. The van der Waals surface area contributed by atoms with Gasteiger partial charge in [-0.2, -0.15) is 8.42 Å². The number of nitrogens with one attached hydrogen (secondary N) is 3. The van der Waals surface area contributed by atoms with E-state index in [1.807, 2.05) is 11.6 Å². The van der Waals surface area contributed by atoms with Crippen molar-refractivity contribution in [2.24, 2.45) is 0 Å². The molecule has 0 saturated heterocycles. The lowest BCUT2D eigenvalue weighted by Gasteiger charge is -2.17. The van der Waals surface area contributed by atoms with Crippen molar-refractivity contribution < 1.29 is 22.6 Å². The fourth-order valence-corrected chi connectivity index (χ4v) is 2.71. The monoisotopic (exact) mass is 371 g/mol. The van der Waals surface area contributed by atoms with E-state index in [9.17, 15) is 18.0 Å². The number of hydrogen-bond donors (Lipinski definition) is 4. The SMILES string of the molecule is CCCCCC(=O)NC(Cc1ccc(NS(=O)(=O)O)cc1)C(=O)NC. The van der Waals surface area contributed by atoms with E-state index in [1.54, 1.807) is 12.1 Å². The van der Waals surface area contributed by atoms with Gasteiger partial charge in [-0.05, 0) is 24.1 Å². The Labute approximate surface area is 148 Å². The van der Waals surface area contributed by atoms with Crippen molar-refractivity contribution in [3.05, 3.63) is 29.8 Å². The first-order valence-corrected chi connectivity index (χ1v) is 9.54. The topological polar surface area (TPSA) is 125 Å². The van der Waals surface area contributed by atoms with Crippen molar-refractivity contribution in [3.63, 3.8) is 0 Å². The fraction of sp³-hybridized carbons (Fsp3) is 0.500. The van der Waals surface area contributed by atoms with Gasteiger partial charge in [-0.1, -0.05) is 31.9 Å². The number of carbonyl (C=O) groups is 2. The summed E-state index contributed by atoms with van der Waals surface area (Å²) in [5, 5.41) is 5.25. The third-order valence-electron chi connectivity index (χ3n) is 3.55. The van der Waals surface area contributed by atoms with Gasteiger partial charge in [0.15, 0.2) is 0 Å². The number of unbranched alkanes of at least 4 members (excludes halogenated alkanes) is 2. The lowest BCUT2D eigenvalue weighted by atomic mass is 10.0. The van der Waals surface area contributed by atoms with E-state index in [0.29, 0.717) is 6.42 Å². The molecule has 0 bridgehead atoms. The number of anilines is 1. The van der Waals surface area contributed by atoms with Crippen LogP contribution < -0.4 is 15.4 Å². The summed E-state index contributed by atoms with van der Waals surface area (Å²) >= 11 is 0. The molecule has 9 heteroatoms. The zero-order valence-corrected chi connectivity index (χ0v) is 15.2. The Bertz CT molecular complexity index is 674. The first kappa shape index (κ1) is 20.9. The van der Waals surface area contributed by atoms with Gasteiger partial charge >= 0.3 is 10.3 Å². The first-order valence-electron chi connectivity index (χ1n) is 8.10. The summed E-state index contributed by atoms with van der Waals surface area (Å²) in [5.74, 6) is -0.476. The van der Waals surface area contributed by atoms with Crippen molar-refractivity contribution in [1.82, 2.24) is 10.6 Å². The molecule has 25 heavy (non-hydrogen) atoms. The molecule has 4 N–H and O–H groups in total.